The highest BCUT2D eigenvalue weighted by Gasteiger charge is 2.15. The molecule has 0 fully saturated rings. The van der Waals surface area contributed by atoms with Gasteiger partial charge in [0.1, 0.15) is 5.82 Å². The fourth-order valence-corrected chi connectivity index (χ4v) is 2.46. The van der Waals surface area contributed by atoms with Gasteiger partial charge in [-0.15, -0.1) is 0 Å². The Balaban J connectivity index is 1.96. The molecule has 1 heterocycles. The van der Waals surface area contributed by atoms with E-state index in [4.69, 9.17) is 5.73 Å². The number of anilines is 2. The summed E-state index contributed by atoms with van der Waals surface area (Å²) in [5.41, 5.74) is 7.73. The van der Waals surface area contributed by atoms with Crippen LogP contribution in [0, 0.1) is 5.82 Å². The first-order valence-corrected chi connectivity index (χ1v) is 8.08. The maximum atomic E-state index is 13.1. The van der Waals surface area contributed by atoms with Crippen LogP contribution in [0.15, 0.2) is 54.6 Å². The van der Waals surface area contributed by atoms with Gasteiger partial charge in [-0.1, -0.05) is 18.2 Å². The van der Waals surface area contributed by atoms with Gasteiger partial charge in [0.2, 0.25) is 0 Å². The molecule has 6 heteroatoms. The molecule has 0 aliphatic rings. The van der Waals surface area contributed by atoms with Crippen LogP contribution in [0.3, 0.4) is 0 Å². The van der Waals surface area contributed by atoms with Gasteiger partial charge in [0.25, 0.3) is 5.91 Å². The Bertz CT molecular complexity index is 880. The van der Waals surface area contributed by atoms with Crippen molar-refractivity contribution >= 4 is 28.2 Å². The van der Waals surface area contributed by atoms with E-state index in [2.05, 4.69) is 15.6 Å². The molecule has 0 bridgehead atoms. The third kappa shape index (κ3) is 4.10. The highest BCUT2D eigenvalue weighted by Crippen LogP contribution is 2.24. The molecular weight excluding hydrogens is 319 g/mol. The van der Waals surface area contributed by atoms with Crippen LogP contribution in [0.5, 0.6) is 0 Å². The monoisotopic (exact) mass is 338 g/mol. The Hall–Kier alpha value is -2.99. The number of nitrogens with two attached hydrogens (primary N) is 1. The van der Waals surface area contributed by atoms with Crippen molar-refractivity contribution in [1.29, 1.82) is 0 Å². The van der Waals surface area contributed by atoms with E-state index in [1.807, 2.05) is 30.3 Å². The molecule has 0 saturated carbocycles. The molecule has 1 amide bonds. The molecule has 0 saturated heterocycles. The summed E-state index contributed by atoms with van der Waals surface area (Å²) in [5.74, 6) is -0.592. The molecule has 0 aliphatic carbocycles. The number of benzene rings is 2. The number of carbonyl (C=O) groups is 1. The van der Waals surface area contributed by atoms with Crippen LogP contribution < -0.4 is 16.4 Å². The summed E-state index contributed by atoms with van der Waals surface area (Å²) >= 11 is 0. The highest BCUT2D eigenvalue weighted by atomic mass is 19.1. The number of aromatic nitrogens is 1. The standard InChI is InChI=1S/C19H19FN4O/c20-14-6-8-15(9-7-14)23-17-12-13-4-1-2-5-16(13)24-18(17)19(25)22-11-3-10-21/h1-2,4-9,12,23H,3,10-11,21H2,(H,22,25). The van der Waals surface area contributed by atoms with E-state index in [1.165, 1.54) is 12.1 Å². The number of amides is 1. The summed E-state index contributed by atoms with van der Waals surface area (Å²) in [6, 6.07) is 15.4. The van der Waals surface area contributed by atoms with Crippen molar-refractivity contribution in [3.63, 3.8) is 0 Å². The van der Waals surface area contributed by atoms with Crippen molar-refractivity contribution in [3.8, 4) is 0 Å². The number of nitrogens with zero attached hydrogens (tertiary/aromatic N) is 1. The number of rotatable bonds is 6. The van der Waals surface area contributed by atoms with Gasteiger partial charge in [0.05, 0.1) is 11.2 Å². The predicted molar refractivity (Wildman–Crippen MR) is 97.4 cm³/mol. The Kier molecular flexibility index (Phi) is 5.20. The molecule has 128 valence electrons. The molecule has 0 unspecified atom stereocenters. The molecular formula is C19H19FN4O. The average molecular weight is 338 g/mol. The fourth-order valence-electron chi connectivity index (χ4n) is 2.46. The van der Waals surface area contributed by atoms with Crippen molar-refractivity contribution in [2.75, 3.05) is 18.4 Å². The minimum absolute atomic E-state index is 0.274. The summed E-state index contributed by atoms with van der Waals surface area (Å²) in [5, 5.41) is 6.87. The number of pyridine rings is 1. The van der Waals surface area contributed by atoms with E-state index in [0.717, 1.165) is 10.9 Å². The van der Waals surface area contributed by atoms with Crippen molar-refractivity contribution in [2.24, 2.45) is 5.73 Å². The second kappa shape index (κ2) is 7.72. The largest absolute Gasteiger partial charge is 0.354 e. The van der Waals surface area contributed by atoms with Crippen LogP contribution in [-0.2, 0) is 0 Å². The molecule has 2 aromatic carbocycles. The predicted octanol–water partition coefficient (Wildman–Crippen LogP) is 3.20. The normalized spacial score (nSPS) is 10.6. The molecule has 0 spiro atoms. The van der Waals surface area contributed by atoms with Crippen LogP contribution in [-0.4, -0.2) is 24.0 Å². The number of hydrogen-bond donors (Lipinski definition) is 3. The lowest BCUT2D eigenvalue weighted by molar-refractivity contribution is 0.0950. The fraction of sp³-hybridized carbons (Fsp3) is 0.158. The summed E-state index contributed by atoms with van der Waals surface area (Å²) in [6.45, 7) is 0.992. The smallest absolute Gasteiger partial charge is 0.272 e. The van der Waals surface area contributed by atoms with E-state index in [-0.39, 0.29) is 11.7 Å². The molecule has 5 nitrogen and oxygen atoms in total. The molecule has 3 rings (SSSR count). The second-order valence-corrected chi connectivity index (χ2v) is 5.61. The zero-order valence-electron chi connectivity index (χ0n) is 13.6. The van der Waals surface area contributed by atoms with Gasteiger partial charge < -0.3 is 16.4 Å². The van der Waals surface area contributed by atoms with E-state index in [0.29, 0.717) is 36.6 Å². The summed E-state index contributed by atoms with van der Waals surface area (Å²) in [6.07, 6.45) is 0.694. The molecule has 1 aromatic heterocycles. The Morgan fingerprint density at radius 3 is 2.64 bits per heavy atom. The third-order valence-electron chi connectivity index (χ3n) is 3.73. The number of carbonyl (C=O) groups excluding carboxylic acids is 1. The first kappa shape index (κ1) is 16.9. The minimum atomic E-state index is -0.318. The molecule has 3 aromatic rings. The van der Waals surface area contributed by atoms with E-state index < -0.39 is 0 Å². The number of nitrogens with one attached hydrogen (secondary N) is 2. The molecule has 25 heavy (non-hydrogen) atoms. The van der Waals surface area contributed by atoms with Crippen molar-refractivity contribution < 1.29 is 9.18 Å². The molecule has 4 N–H and O–H groups in total. The number of hydrogen-bond acceptors (Lipinski definition) is 4. The quantitative estimate of drug-likeness (QED) is 0.603. The number of para-hydroxylation sites is 1. The van der Waals surface area contributed by atoms with Gasteiger partial charge >= 0.3 is 0 Å². The van der Waals surface area contributed by atoms with Gasteiger partial charge in [-0.25, -0.2) is 9.37 Å². The van der Waals surface area contributed by atoms with Gasteiger partial charge in [-0.3, -0.25) is 4.79 Å². The molecule has 0 atom stereocenters. The maximum absolute atomic E-state index is 13.1. The first-order valence-electron chi connectivity index (χ1n) is 8.08. The Morgan fingerprint density at radius 2 is 1.88 bits per heavy atom. The van der Waals surface area contributed by atoms with E-state index in [1.54, 1.807) is 12.1 Å². The van der Waals surface area contributed by atoms with Crippen LogP contribution in [0.4, 0.5) is 15.8 Å². The topological polar surface area (TPSA) is 80.0 Å². The summed E-state index contributed by atoms with van der Waals surface area (Å²) in [4.78, 5) is 17.0. The van der Waals surface area contributed by atoms with Crippen LogP contribution >= 0.6 is 0 Å². The van der Waals surface area contributed by atoms with Gasteiger partial charge in [-0.2, -0.15) is 0 Å². The minimum Gasteiger partial charge on any atom is -0.354 e. The second-order valence-electron chi connectivity index (χ2n) is 5.61. The SMILES string of the molecule is NCCCNC(=O)c1nc2ccccc2cc1Nc1ccc(F)cc1. The van der Waals surface area contributed by atoms with Gasteiger partial charge in [0, 0.05) is 17.6 Å². The van der Waals surface area contributed by atoms with Gasteiger partial charge in [-0.05, 0) is 49.4 Å². The third-order valence-corrected chi connectivity index (χ3v) is 3.73. The molecule has 0 aliphatic heterocycles. The lowest BCUT2D eigenvalue weighted by atomic mass is 10.1. The zero-order valence-corrected chi connectivity index (χ0v) is 13.6. The Labute approximate surface area is 145 Å². The van der Waals surface area contributed by atoms with Crippen LogP contribution in [0.1, 0.15) is 16.9 Å². The van der Waals surface area contributed by atoms with Crippen LogP contribution in [0.25, 0.3) is 10.9 Å². The number of fused-ring (bicyclic) bond motifs is 1. The lowest BCUT2D eigenvalue weighted by Crippen LogP contribution is -2.27. The highest BCUT2D eigenvalue weighted by molar-refractivity contribution is 6.01. The maximum Gasteiger partial charge on any atom is 0.272 e. The van der Waals surface area contributed by atoms with E-state index in [9.17, 15) is 9.18 Å². The van der Waals surface area contributed by atoms with Crippen LogP contribution in [0.2, 0.25) is 0 Å². The Morgan fingerprint density at radius 1 is 1.12 bits per heavy atom. The summed E-state index contributed by atoms with van der Waals surface area (Å²) in [7, 11) is 0. The average Bonchev–Trinajstić information content (AvgIpc) is 2.63. The first-order chi connectivity index (χ1) is 12.2. The molecule has 0 radical (unpaired) electrons. The zero-order chi connectivity index (χ0) is 17.6. The summed E-state index contributed by atoms with van der Waals surface area (Å²) < 4.78 is 13.1. The lowest BCUT2D eigenvalue weighted by Gasteiger charge is -2.13. The van der Waals surface area contributed by atoms with Crippen molar-refractivity contribution in [3.05, 3.63) is 66.1 Å². The van der Waals surface area contributed by atoms with E-state index >= 15 is 0 Å². The van der Waals surface area contributed by atoms with Crippen molar-refractivity contribution in [1.82, 2.24) is 10.3 Å². The van der Waals surface area contributed by atoms with Crippen molar-refractivity contribution in [2.45, 2.75) is 6.42 Å². The van der Waals surface area contributed by atoms with Gasteiger partial charge in [0.15, 0.2) is 5.69 Å². The number of halogens is 1.